The van der Waals surface area contributed by atoms with Gasteiger partial charge in [-0.1, -0.05) is 29.8 Å². The summed E-state index contributed by atoms with van der Waals surface area (Å²) in [5.41, 5.74) is 2.53. The van der Waals surface area contributed by atoms with Gasteiger partial charge in [0.25, 0.3) is 0 Å². The van der Waals surface area contributed by atoms with Gasteiger partial charge < -0.3 is 9.30 Å². The molecule has 0 fully saturated rings. The van der Waals surface area contributed by atoms with Crippen molar-refractivity contribution in [1.82, 2.24) is 4.57 Å². The van der Waals surface area contributed by atoms with Crippen LogP contribution in [0.2, 0.25) is 0 Å². The minimum atomic E-state index is -0.446. The molecule has 0 unspecified atom stereocenters. The Morgan fingerprint density at radius 3 is 2.32 bits per heavy atom. The average Bonchev–Trinajstić information content (AvgIpc) is 2.80. The number of rotatable bonds is 3. The maximum absolute atomic E-state index is 12.3. The minimum Gasteiger partial charge on any atom is -0.465 e. The first kappa shape index (κ1) is 13.1. The van der Waals surface area contributed by atoms with Crippen molar-refractivity contribution in [3.63, 3.8) is 0 Å². The SMILES string of the molecule is COC(=O)c1cc(C(=O)c2ccc(C)cc2)n(C)c1. The molecular formula is C15H15NO3. The van der Waals surface area contributed by atoms with Crippen LogP contribution in [0, 0.1) is 6.92 Å². The number of carbonyl (C=O) groups is 2. The molecule has 0 bridgehead atoms. The third-order valence-corrected chi connectivity index (χ3v) is 2.97. The molecule has 2 aromatic rings. The van der Waals surface area contributed by atoms with Crippen LogP contribution in [0.5, 0.6) is 0 Å². The fourth-order valence-corrected chi connectivity index (χ4v) is 1.87. The summed E-state index contributed by atoms with van der Waals surface area (Å²) < 4.78 is 6.28. The number of benzene rings is 1. The molecule has 0 saturated heterocycles. The molecule has 0 amide bonds. The number of esters is 1. The van der Waals surface area contributed by atoms with Gasteiger partial charge in [0.2, 0.25) is 5.78 Å². The van der Waals surface area contributed by atoms with Crippen LogP contribution in [0.15, 0.2) is 36.5 Å². The number of methoxy groups -OCH3 is 1. The molecule has 0 aliphatic heterocycles. The van der Waals surface area contributed by atoms with E-state index in [1.54, 1.807) is 36.0 Å². The van der Waals surface area contributed by atoms with Crippen molar-refractivity contribution >= 4 is 11.8 Å². The van der Waals surface area contributed by atoms with Gasteiger partial charge in [-0.3, -0.25) is 4.79 Å². The topological polar surface area (TPSA) is 48.3 Å². The predicted molar refractivity (Wildman–Crippen MR) is 71.4 cm³/mol. The maximum Gasteiger partial charge on any atom is 0.339 e. The van der Waals surface area contributed by atoms with Crippen molar-refractivity contribution < 1.29 is 14.3 Å². The summed E-state index contributed by atoms with van der Waals surface area (Å²) in [6.45, 7) is 1.96. The summed E-state index contributed by atoms with van der Waals surface area (Å²) in [7, 11) is 3.05. The molecule has 4 heteroatoms. The van der Waals surface area contributed by atoms with Gasteiger partial charge >= 0.3 is 5.97 Å². The molecule has 4 nitrogen and oxygen atoms in total. The number of aromatic nitrogens is 1. The lowest BCUT2D eigenvalue weighted by molar-refractivity contribution is 0.0600. The molecule has 0 saturated carbocycles. The molecule has 1 aromatic carbocycles. The Labute approximate surface area is 111 Å². The van der Waals surface area contributed by atoms with E-state index in [9.17, 15) is 9.59 Å². The second kappa shape index (κ2) is 5.10. The van der Waals surface area contributed by atoms with Crippen LogP contribution >= 0.6 is 0 Å². The Balaban J connectivity index is 2.36. The highest BCUT2D eigenvalue weighted by Crippen LogP contribution is 2.14. The van der Waals surface area contributed by atoms with E-state index in [0.717, 1.165) is 5.56 Å². The van der Waals surface area contributed by atoms with E-state index in [0.29, 0.717) is 16.8 Å². The van der Waals surface area contributed by atoms with Gasteiger partial charge in [-0.2, -0.15) is 0 Å². The zero-order valence-corrected chi connectivity index (χ0v) is 11.1. The number of aryl methyl sites for hydroxylation is 2. The third-order valence-electron chi connectivity index (χ3n) is 2.97. The first-order valence-electron chi connectivity index (χ1n) is 5.89. The molecule has 98 valence electrons. The second-order valence-electron chi connectivity index (χ2n) is 4.41. The lowest BCUT2D eigenvalue weighted by atomic mass is 10.1. The van der Waals surface area contributed by atoms with Gasteiger partial charge in [0, 0.05) is 18.8 Å². The van der Waals surface area contributed by atoms with Crippen molar-refractivity contribution in [2.75, 3.05) is 7.11 Å². The molecule has 0 aliphatic rings. The van der Waals surface area contributed by atoms with Crippen molar-refractivity contribution in [3.05, 3.63) is 58.9 Å². The molecule has 0 aliphatic carbocycles. The smallest absolute Gasteiger partial charge is 0.339 e. The van der Waals surface area contributed by atoms with Crippen LogP contribution in [-0.2, 0) is 11.8 Å². The second-order valence-corrected chi connectivity index (χ2v) is 4.41. The number of carbonyl (C=O) groups excluding carboxylic acids is 2. The predicted octanol–water partition coefficient (Wildman–Crippen LogP) is 2.35. The lowest BCUT2D eigenvalue weighted by Gasteiger charge is -2.02. The first-order chi connectivity index (χ1) is 9.02. The Morgan fingerprint density at radius 2 is 1.74 bits per heavy atom. The summed E-state index contributed by atoms with van der Waals surface area (Å²) in [4.78, 5) is 23.8. The van der Waals surface area contributed by atoms with E-state index in [2.05, 4.69) is 4.74 Å². The number of ketones is 1. The molecule has 0 atom stereocenters. The van der Waals surface area contributed by atoms with Crippen LogP contribution in [-0.4, -0.2) is 23.4 Å². The summed E-state index contributed by atoms with van der Waals surface area (Å²) in [6, 6.07) is 8.88. The quantitative estimate of drug-likeness (QED) is 0.626. The zero-order chi connectivity index (χ0) is 14.0. The Hall–Kier alpha value is -2.36. The zero-order valence-electron chi connectivity index (χ0n) is 11.1. The monoisotopic (exact) mass is 257 g/mol. The highest BCUT2D eigenvalue weighted by molar-refractivity contribution is 6.09. The number of ether oxygens (including phenoxy) is 1. The van der Waals surface area contributed by atoms with Crippen LogP contribution in [0.1, 0.15) is 32.0 Å². The Morgan fingerprint density at radius 1 is 1.11 bits per heavy atom. The standard InChI is InChI=1S/C15H15NO3/c1-10-4-6-11(7-5-10)14(17)13-8-12(9-16(13)2)15(18)19-3/h4-9H,1-3H3. The van der Waals surface area contributed by atoms with Crippen LogP contribution < -0.4 is 0 Å². The fourth-order valence-electron chi connectivity index (χ4n) is 1.87. The largest absolute Gasteiger partial charge is 0.465 e. The van der Waals surface area contributed by atoms with Crippen LogP contribution in [0.25, 0.3) is 0 Å². The van der Waals surface area contributed by atoms with Crippen molar-refractivity contribution in [2.24, 2.45) is 7.05 Å². The third kappa shape index (κ3) is 2.57. The molecule has 1 heterocycles. The van der Waals surface area contributed by atoms with E-state index >= 15 is 0 Å². The summed E-state index contributed by atoms with van der Waals surface area (Å²) in [5, 5.41) is 0. The molecule has 19 heavy (non-hydrogen) atoms. The van der Waals surface area contributed by atoms with Crippen LogP contribution in [0.3, 0.4) is 0 Å². The van der Waals surface area contributed by atoms with Gasteiger partial charge in [-0.15, -0.1) is 0 Å². The van der Waals surface area contributed by atoms with Crippen molar-refractivity contribution in [2.45, 2.75) is 6.92 Å². The Bertz CT molecular complexity index is 623. The van der Waals surface area contributed by atoms with Gasteiger partial charge in [0.1, 0.15) is 0 Å². The highest BCUT2D eigenvalue weighted by atomic mass is 16.5. The molecule has 2 rings (SSSR count). The first-order valence-corrected chi connectivity index (χ1v) is 5.89. The maximum atomic E-state index is 12.3. The summed E-state index contributed by atoms with van der Waals surface area (Å²) in [6.07, 6.45) is 1.59. The molecule has 0 spiro atoms. The lowest BCUT2D eigenvalue weighted by Crippen LogP contribution is -2.06. The molecular weight excluding hydrogens is 242 g/mol. The average molecular weight is 257 g/mol. The van der Waals surface area contributed by atoms with Crippen molar-refractivity contribution in [3.8, 4) is 0 Å². The van der Waals surface area contributed by atoms with Crippen molar-refractivity contribution in [1.29, 1.82) is 0 Å². The van der Waals surface area contributed by atoms with E-state index in [1.807, 2.05) is 19.1 Å². The Kier molecular flexibility index (Phi) is 3.51. The number of hydrogen-bond acceptors (Lipinski definition) is 3. The van der Waals surface area contributed by atoms with Gasteiger partial charge in [-0.25, -0.2) is 4.79 Å². The summed E-state index contributed by atoms with van der Waals surface area (Å²) in [5.74, 6) is -0.559. The molecule has 0 radical (unpaired) electrons. The van der Waals surface area contributed by atoms with E-state index in [4.69, 9.17) is 0 Å². The molecule has 1 aromatic heterocycles. The van der Waals surface area contributed by atoms with Crippen LogP contribution in [0.4, 0.5) is 0 Å². The van der Waals surface area contributed by atoms with E-state index < -0.39 is 5.97 Å². The van der Waals surface area contributed by atoms with Gasteiger partial charge in [0.05, 0.1) is 18.4 Å². The normalized spacial score (nSPS) is 10.3. The fraction of sp³-hybridized carbons (Fsp3) is 0.200. The van der Waals surface area contributed by atoms with E-state index in [1.165, 1.54) is 7.11 Å². The number of nitrogens with zero attached hydrogens (tertiary/aromatic N) is 1. The van der Waals surface area contributed by atoms with Gasteiger partial charge in [-0.05, 0) is 13.0 Å². The minimum absolute atomic E-state index is 0.113. The summed E-state index contributed by atoms with van der Waals surface area (Å²) >= 11 is 0. The number of hydrogen-bond donors (Lipinski definition) is 0. The van der Waals surface area contributed by atoms with E-state index in [-0.39, 0.29) is 5.78 Å². The molecule has 0 N–H and O–H groups in total. The highest BCUT2D eigenvalue weighted by Gasteiger charge is 2.17. The van der Waals surface area contributed by atoms with Gasteiger partial charge in [0.15, 0.2) is 0 Å².